The summed E-state index contributed by atoms with van der Waals surface area (Å²) in [4.78, 5) is 26.6. The number of benzene rings is 3. The van der Waals surface area contributed by atoms with E-state index < -0.39 is 18.1 Å². The standard InChI is InChI=1S/C26H23NO5/c28-23-12-6-5-11-21(23)24(25(29)30)27(16-13-14-16)26(31)32-15-22-19-9-3-1-7-17(19)18-8-2-4-10-20(18)22/h1-12,16,22,24,28H,13-15H2,(H,29,30). The lowest BCUT2D eigenvalue weighted by molar-refractivity contribution is -0.143. The smallest absolute Gasteiger partial charge is 0.411 e. The van der Waals surface area contributed by atoms with Crippen LogP contribution in [0.1, 0.15) is 41.5 Å². The van der Waals surface area contributed by atoms with Gasteiger partial charge in [0.1, 0.15) is 12.4 Å². The zero-order valence-electron chi connectivity index (χ0n) is 17.3. The third-order valence-corrected chi connectivity index (χ3v) is 6.23. The monoisotopic (exact) mass is 429 g/mol. The minimum Gasteiger partial charge on any atom is -0.508 e. The van der Waals surface area contributed by atoms with Gasteiger partial charge in [-0.15, -0.1) is 0 Å². The van der Waals surface area contributed by atoms with E-state index in [4.69, 9.17) is 4.74 Å². The number of aromatic hydroxyl groups is 1. The predicted molar refractivity (Wildman–Crippen MR) is 118 cm³/mol. The summed E-state index contributed by atoms with van der Waals surface area (Å²) < 4.78 is 5.74. The lowest BCUT2D eigenvalue weighted by Crippen LogP contribution is -2.41. The number of carboxylic acid groups (broad SMARTS) is 1. The Hall–Kier alpha value is -3.80. The molecule has 3 aromatic rings. The molecule has 3 aromatic carbocycles. The van der Waals surface area contributed by atoms with Crippen LogP contribution in [-0.2, 0) is 9.53 Å². The van der Waals surface area contributed by atoms with Crippen LogP contribution in [0, 0.1) is 0 Å². The lowest BCUT2D eigenvalue weighted by atomic mass is 9.98. The number of carboxylic acids is 1. The van der Waals surface area contributed by atoms with E-state index in [0.717, 1.165) is 22.3 Å². The Balaban J connectivity index is 1.41. The molecule has 162 valence electrons. The van der Waals surface area contributed by atoms with Gasteiger partial charge in [-0.25, -0.2) is 9.59 Å². The molecule has 32 heavy (non-hydrogen) atoms. The molecule has 2 aliphatic rings. The van der Waals surface area contributed by atoms with Crippen molar-refractivity contribution in [3.8, 4) is 16.9 Å². The number of para-hydroxylation sites is 1. The van der Waals surface area contributed by atoms with Crippen molar-refractivity contribution in [3.05, 3.63) is 89.5 Å². The maximum absolute atomic E-state index is 13.2. The average molecular weight is 429 g/mol. The van der Waals surface area contributed by atoms with E-state index in [-0.39, 0.29) is 29.9 Å². The van der Waals surface area contributed by atoms with E-state index in [1.54, 1.807) is 12.1 Å². The van der Waals surface area contributed by atoms with Crippen molar-refractivity contribution >= 4 is 12.1 Å². The van der Waals surface area contributed by atoms with Crippen LogP contribution < -0.4 is 0 Å². The molecule has 1 fully saturated rings. The second kappa shape index (κ2) is 8.04. The van der Waals surface area contributed by atoms with Crippen LogP contribution in [0.15, 0.2) is 72.8 Å². The molecule has 1 amide bonds. The van der Waals surface area contributed by atoms with Gasteiger partial charge in [0.25, 0.3) is 0 Å². The highest BCUT2D eigenvalue weighted by Gasteiger charge is 2.43. The zero-order valence-corrected chi connectivity index (χ0v) is 17.3. The third-order valence-electron chi connectivity index (χ3n) is 6.23. The van der Waals surface area contributed by atoms with Gasteiger partial charge in [0, 0.05) is 17.5 Å². The lowest BCUT2D eigenvalue weighted by Gasteiger charge is -2.29. The first-order chi connectivity index (χ1) is 15.6. The number of nitrogens with zero attached hydrogens (tertiary/aromatic N) is 1. The highest BCUT2D eigenvalue weighted by molar-refractivity contribution is 5.83. The van der Waals surface area contributed by atoms with Gasteiger partial charge in [-0.1, -0.05) is 66.7 Å². The Bertz CT molecular complexity index is 1140. The summed E-state index contributed by atoms with van der Waals surface area (Å²) in [6.07, 6.45) is 0.744. The molecule has 6 heteroatoms. The first-order valence-corrected chi connectivity index (χ1v) is 10.7. The summed E-state index contributed by atoms with van der Waals surface area (Å²) in [5.74, 6) is -1.47. The normalized spacial score (nSPS) is 15.5. The molecule has 0 saturated heterocycles. The van der Waals surface area contributed by atoms with Crippen LogP contribution in [0.4, 0.5) is 4.79 Å². The number of phenolic OH excluding ortho intramolecular Hbond substituents is 1. The number of rotatable bonds is 6. The van der Waals surface area contributed by atoms with Crippen molar-refractivity contribution in [1.82, 2.24) is 4.90 Å². The van der Waals surface area contributed by atoms with Gasteiger partial charge < -0.3 is 14.9 Å². The summed E-state index contributed by atoms with van der Waals surface area (Å²) in [7, 11) is 0. The zero-order chi connectivity index (χ0) is 22.2. The van der Waals surface area contributed by atoms with Crippen molar-refractivity contribution < 1.29 is 24.5 Å². The van der Waals surface area contributed by atoms with E-state index in [1.807, 2.05) is 36.4 Å². The number of phenols is 1. The molecule has 5 rings (SSSR count). The second-order valence-electron chi connectivity index (χ2n) is 8.24. The Morgan fingerprint density at radius 1 is 0.906 bits per heavy atom. The number of carbonyl (C=O) groups excluding carboxylic acids is 1. The Morgan fingerprint density at radius 3 is 2.03 bits per heavy atom. The van der Waals surface area contributed by atoms with Crippen molar-refractivity contribution in [2.45, 2.75) is 30.8 Å². The maximum atomic E-state index is 13.2. The fraction of sp³-hybridized carbons (Fsp3) is 0.231. The van der Waals surface area contributed by atoms with Crippen LogP contribution in [-0.4, -0.2) is 39.8 Å². The average Bonchev–Trinajstić information content (AvgIpc) is 3.58. The molecule has 0 spiro atoms. The first kappa shape index (κ1) is 20.1. The van der Waals surface area contributed by atoms with Crippen molar-refractivity contribution in [3.63, 3.8) is 0 Å². The number of carbonyl (C=O) groups is 2. The van der Waals surface area contributed by atoms with Gasteiger partial charge in [-0.2, -0.15) is 0 Å². The highest BCUT2D eigenvalue weighted by Crippen LogP contribution is 2.45. The molecular weight excluding hydrogens is 406 g/mol. The van der Waals surface area contributed by atoms with Gasteiger partial charge in [0.15, 0.2) is 6.04 Å². The third kappa shape index (κ3) is 3.47. The van der Waals surface area contributed by atoms with Crippen LogP contribution in [0.2, 0.25) is 0 Å². The summed E-state index contributed by atoms with van der Waals surface area (Å²) in [5, 5.41) is 20.2. The maximum Gasteiger partial charge on any atom is 0.411 e. The molecule has 0 heterocycles. The summed E-state index contributed by atoms with van der Waals surface area (Å²) in [6.45, 7) is 0.114. The topological polar surface area (TPSA) is 87.1 Å². The fourth-order valence-corrected chi connectivity index (χ4v) is 4.61. The molecule has 1 atom stereocenters. The summed E-state index contributed by atoms with van der Waals surface area (Å²) in [5.41, 5.74) is 4.62. The summed E-state index contributed by atoms with van der Waals surface area (Å²) >= 11 is 0. The molecule has 2 aliphatic carbocycles. The van der Waals surface area contributed by atoms with Crippen LogP contribution in [0.3, 0.4) is 0 Å². The van der Waals surface area contributed by atoms with E-state index >= 15 is 0 Å². The molecule has 0 bridgehead atoms. The molecule has 0 aliphatic heterocycles. The molecule has 6 nitrogen and oxygen atoms in total. The molecule has 1 unspecified atom stereocenters. The van der Waals surface area contributed by atoms with Gasteiger partial charge in [0.2, 0.25) is 0 Å². The Morgan fingerprint density at radius 2 is 1.47 bits per heavy atom. The number of hydrogen-bond donors (Lipinski definition) is 2. The Labute approximate surface area is 185 Å². The number of hydrogen-bond acceptors (Lipinski definition) is 4. The minimum atomic E-state index is -1.31. The Kier molecular flexibility index (Phi) is 5.05. The largest absolute Gasteiger partial charge is 0.508 e. The molecule has 1 saturated carbocycles. The molecule has 2 N–H and O–H groups in total. The summed E-state index contributed by atoms with van der Waals surface area (Å²) in [6, 6.07) is 20.8. The van der Waals surface area contributed by atoms with Gasteiger partial charge in [-0.05, 0) is 41.2 Å². The fourth-order valence-electron chi connectivity index (χ4n) is 4.61. The van der Waals surface area contributed by atoms with Crippen LogP contribution >= 0.6 is 0 Å². The van der Waals surface area contributed by atoms with Gasteiger partial charge >= 0.3 is 12.1 Å². The van der Waals surface area contributed by atoms with Crippen molar-refractivity contribution in [2.24, 2.45) is 0 Å². The van der Waals surface area contributed by atoms with Crippen molar-refractivity contribution in [1.29, 1.82) is 0 Å². The number of amides is 1. The highest BCUT2D eigenvalue weighted by atomic mass is 16.6. The number of fused-ring (bicyclic) bond motifs is 3. The molecule has 0 radical (unpaired) electrons. The molecule has 0 aromatic heterocycles. The van der Waals surface area contributed by atoms with Crippen LogP contribution in [0.5, 0.6) is 5.75 Å². The SMILES string of the molecule is O=C(O)C(c1ccccc1O)N(C(=O)OCC1c2ccccc2-c2ccccc21)C1CC1. The quantitative estimate of drug-likeness (QED) is 0.580. The van der Waals surface area contributed by atoms with E-state index in [2.05, 4.69) is 12.1 Å². The predicted octanol–water partition coefficient (Wildman–Crippen LogP) is 4.93. The first-order valence-electron chi connectivity index (χ1n) is 10.7. The number of ether oxygens (including phenoxy) is 1. The van der Waals surface area contributed by atoms with Gasteiger partial charge in [0.05, 0.1) is 0 Å². The minimum absolute atomic E-state index is 0.110. The number of aliphatic carboxylic acids is 1. The van der Waals surface area contributed by atoms with E-state index in [1.165, 1.54) is 17.0 Å². The second-order valence-corrected chi connectivity index (χ2v) is 8.24. The molecular formula is C26H23NO5. The van der Waals surface area contributed by atoms with Crippen LogP contribution in [0.25, 0.3) is 11.1 Å². The van der Waals surface area contributed by atoms with E-state index in [9.17, 15) is 19.8 Å². The van der Waals surface area contributed by atoms with E-state index in [0.29, 0.717) is 12.8 Å². The van der Waals surface area contributed by atoms with Gasteiger partial charge in [-0.3, -0.25) is 4.90 Å². The van der Waals surface area contributed by atoms with Crippen molar-refractivity contribution in [2.75, 3.05) is 6.61 Å².